The molecule has 0 saturated carbocycles. The monoisotopic (exact) mass is 221 g/mol. The molecule has 0 aliphatic rings. The van der Waals surface area contributed by atoms with Gasteiger partial charge in [-0.2, -0.15) is 0 Å². The third-order valence-electron chi connectivity index (χ3n) is 3.34. The molecule has 0 unspecified atom stereocenters. The van der Waals surface area contributed by atoms with Gasteiger partial charge in [0.15, 0.2) is 0 Å². The zero-order valence-corrected chi connectivity index (χ0v) is 10.1. The molecular formula is C16H15N. The van der Waals surface area contributed by atoms with E-state index in [9.17, 15) is 0 Å². The van der Waals surface area contributed by atoms with Crippen molar-refractivity contribution < 1.29 is 0 Å². The Balaban J connectivity index is 2.17. The van der Waals surface area contributed by atoms with Crippen molar-refractivity contribution >= 4 is 10.8 Å². The predicted octanol–water partition coefficient (Wildman–Crippen LogP) is 4.25. The second kappa shape index (κ2) is 3.77. The zero-order chi connectivity index (χ0) is 11.8. The number of hydrogen-bond donors (Lipinski definition) is 0. The maximum absolute atomic E-state index is 2.23. The highest BCUT2D eigenvalue weighted by molar-refractivity contribution is 5.82. The molecule has 0 bridgehead atoms. The van der Waals surface area contributed by atoms with Gasteiger partial charge in [0.25, 0.3) is 0 Å². The minimum absolute atomic E-state index is 1.23. The molecule has 0 fully saturated rings. The first-order valence-corrected chi connectivity index (χ1v) is 5.88. The average molecular weight is 221 g/mol. The highest BCUT2D eigenvalue weighted by Crippen LogP contribution is 2.20. The molecule has 0 atom stereocenters. The second-order valence-electron chi connectivity index (χ2n) is 4.56. The Morgan fingerprint density at radius 2 is 1.41 bits per heavy atom. The SMILES string of the molecule is Cc1ccc(-n2cc3ccccc3c2)cc1C. The van der Waals surface area contributed by atoms with Crippen LogP contribution in [-0.2, 0) is 0 Å². The Bertz CT molecular complexity index is 644. The standard InChI is InChI=1S/C16H15N/c1-12-7-8-16(9-13(12)2)17-10-14-5-3-4-6-15(14)11-17/h3-11H,1-2H3. The fraction of sp³-hybridized carbons (Fsp3) is 0.125. The van der Waals surface area contributed by atoms with Crippen molar-refractivity contribution in [3.63, 3.8) is 0 Å². The molecule has 1 aromatic heterocycles. The topological polar surface area (TPSA) is 4.93 Å². The van der Waals surface area contributed by atoms with Crippen LogP contribution >= 0.6 is 0 Å². The second-order valence-corrected chi connectivity index (χ2v) is 4.56. The van der Waals surface area contributed by atoms with Crippen molar-refractivity contribution in [1.82, 2.24) is 4.57 Å². The molecule has 1 heteroatoms. The molecule has 17 heavy (non-hydrogen) atoms. The minimum atomic E-state index is 1.23. The molecule has 0 aliphatic heterocycles. The number of rotatable bonds is 1. The molecule has 84 valence electrons. The van der Waals surface area contributed by atoms with Crippen LogP contribution < -0.4 is 0 Å². The third-order valence-corrected chi connectivity index (χ3v) is 3.34. The number of hydrogen-bond acceptors (Lipinski definition) is 0. The van der Waals surface area contributed by atoms with E-state index in [-0.39, 0.29) is 0 Å². The molecule has 0 spiro atoms. The van der Waals surface area contributed by atoms with E-state index >= 15 is 0 Å². The molecular weight excluding hydrogens is 206 g/mol. The van der Waals surface area contributed by atoms with Crippen molar-refractivity contribution in [2.75, 3.05) is 0 Å². The highest BCUT2D eigenvalue weighted by atomic mass is 14.9. The van der Waals surface area contributed by atoms with Gasteiger partial charge >= 0.3 is 0 Å². The van der Waals surface area contributed by atoms with Crippen LogP contribution in [0.15, 0.2) is 54.9 Å². The van der Waals surface area contributed by atoms with Crippen molar-refractivity contribution in [2.24, 2.45) is 0 Å². The Hall–Kier alpha value is -2.02. The van der Waals surface area contributed by atoms with E-state index in [2.05, 4.69) is 73.3 Å². The molecule has 0 radical (unpaired) electrons. The summed E-state index contributed by atoms with van der Waals surface area (Å²) in [5, 5.41) is 2.57. The molecule has 0 aliphatic carbocycles. The molecule has 1 heterocycles. The minimum Gasteiger partial charge on any atom is -0.323 e. The van der Waals surface area contributed by atoms with Gasteiger partial charge in [-0.05, 0) is 47.9 Å². The molecule has 0 N–H and O–H groups in total. The van der Waals surface area contributed by atoms with E-state index in [4.69, 9.17) is 0 Å². The first kappa shape index (κ1) is 10.2. The summed E-state index contributed by atoms with van der Waals surface area (Å²) in [5.41, 5.74) is 3.90. The van der Waals surface area contributed by atoms with Gasteiger partial charge in [-0.15, -0.1) is 0 Å². The van der Waals surface area contributed by atoms with Crippen LogP contribution in [0.25, 0.3) is 16.5 Å². The van der Waals surface area contributed by atoms with Crippen LogP contribution in [0.3, 0.4) is 0 Å². The summed E-state index contributed by atoms with van der Waals surface area (Å²) in [5.74, 6) is 0. The lowest BCUT2D eigenvalue weighted by molar-refractivity contribution is 1.08. The summed E-state index contributed by atoms with van der Waals surface area (Å²) in [7, 11) is 0. The fourth-order valence-corrected chi connectivity index (χ4v) is 2.12. The summed E-state index contributed by atoms with van der Waals surface area (Å²) in [4.78, 5) is 0. The van der Waals surface area contributed by atoms with Crippen LogP contribution in [0.5, 0.6) is 0 Å². The van der Waals surface area contributed by atoms with Gasteiger partial charge in [0.05, 0.1) is 0 Å². The Morgan fingerprint density at radius 3 is 2.00 bits per heavy atom. The van der Waals surface area contributed by atoms with E-state index in [1.54, 1.807) is 0 Å². The Morgan fingerprint density at radius 1 is 0.765 bits per heavy atom. The van der Waals surface area contributed by atoms with Crippen LogP contribution in [0, 0.1) is 13.8 Å². The van der Waals surface area contributed by atoms with Gasteiger partial charge in [-0.1, -0.05) is 30.3 Å². The van der Waals surface area contributed by atoms with Crippen LogP contribution in [0.1, 0.15) is 11.1 Å². The van der Waals surface area contributed by atoms with Crippen molar-refractivity contribution in [2.45, 2.75) is 13.8 Å². The first-order chi connectivity index (χ1) is 8.24. The normalized spacial score (nSPS) is 10.9. The number of aromatic nitrogens is 1. The van der Waals surface area contributed by atoms with E-state index in [1.807, 2.05) is 0 Å². The maximum atomic E-state index is 2.23. The van der Waals surface area contributed by atoms with E-state index < -0.39 is 0 Å². The van der Waals surface area contributed by atoms with E-state index in [0.29, 0.717) is 0 Å². The maximum Gasteiger partial charge on any atom is 0.0452 e. The van der Waals surface area contributed by atoms with Gasteiger partial charge in [0.1, 0.15) is 0 Å². The van der Waals surface area contributed by atoms with Crippen molar-refractivity contribution in [3.05, 3.63) is 66.0 Å². The van der Waals surface area contributed by atoms with Crippen LogP contribution in [0.2, 0.25) is 0 Å². The summed E-state index contributed by atoms with van der Waals surface area (Å²) in [6, 6.07) is 15.0. The lowest BCUT2D eigenvalue weighted by atomic mass is 10.1. The van der Waals surface area contributed by atoms with Gasteiger partial charge in [-0.25, -0.2) is 0 Å². The molecule has 1 nitrogen and oxygen atoms in total. The van der Waals surface area contributed by atoms with Crippen molar-refractivity contribution in [1.29, 1.82) is 0 Å². The van der Waals surface area contributed by atoms with Gasteiger partial charge in [0, 0.05) is 18.1 Å². The van der Waals surface area contributed by atoms with Gasteiger partial charge in [-0.3, -0.25) is 0 Å². The first-order valence-electron chi connectivity index (χ1n) is 5.88. The summed E-state index contributed by atoms with van der Waals surface area (Å²) in [6.45, 7) is 4.30. The molecule has 3 aromatic rings. The summed E-state index contributed by atoms with van der Waals surface area (Å²) >= 11 is 0. The molecule has 0 saturated heterocycles. The number of benzene rings is 2. The molecule has 2 aromatic carbocycles. The highest BCUT2D eigenvalue weighted by Gasteiger charge is 2.01. The molecule has 0 amide bonds. The lowest BCUT2D eigenvalue weighted by Gasteiger charge is -2.05. The fourth-order valence-electron chi connectivity index (χ4n) is 2.12. The Labute approximate surface area is 101 Å². The third kappa shape index (κ3) is 1.74. The molecule has 3 rings (SSSR count). The Kier molecular flexibility index (Phi) is 2.25. The van der Waals surface area contributed by atoms with Crippen molar-refractivity contribution in [3.8, 4) is 5.69 Å². The van der Waals surface area contributed by atoms with Crippen LogP contribution in [-0.4, -0.2) is 4.57 Å². The van der Waals surface area contributed by atoms with Gasteiger partial charge in [0.2, 0.25) is 0 Å². The van der Waals surface area contributed by atoms with Crippen LogP contribution in [0.4, 0.5) is 0 Å². The zero-order valence-electron chi connectivity index (χ0n) is 10.1. The quantitative estimate of drug-likeness (QED) is 0.579. The van der Waals surface area contributed by atoms with E-state index in [1.165, 1.54) is 27.6 Å². The summed E-state index contributed by atoms with van der Waals surface area (Å²) in [6.07, 6.45) is 4.36. The number of fused-ring (bicyclic) bond motifs is 1. The largest absolute Gasteiger partial charge is 0.323 e. The predicted molar refractivity (Wildman–Crippen MR) is 72.7 cm³/mol. The van der Waals surface area contributed by atoms with Gasteiger partial charge < -0.3 is 4.57 Å². The average Bonchev–Trinajstić information content (AvgIpc) is 2.76. The lowest BCUT2D eigenvalue weighted by Crippen LogP contribution is -1.91. The smallest absolute Gasteiger partial charge is 0.0452 e. The summed E-state index contributed by atoms with van der Waals surface area (Å²) < 4.78 is 2.19. The van der Waals surface area contributed by atoms with E-state index in [0.717, 1.165) is 0 Å². The number of nitrogens with zero attached hydrogens (tertiary/aromatic N) is 1. The number of aryl methyl sites for hydroxylation is 2.